The van der Waals surface area contributed by atoms with Crippen LogP contribution in [0.1, 0.15) is 18.1 Å². The number of carbonyl (C=O) groups excluding carboxylic acids is 2. The fraction of sp³-hybridized carbons (Fsp3) is 0.222. The number of rotatable bonds is 6. The van der Waals surface area contributed by atoms with E-state index in [0.717, 1.165) is 16.9 Å². The van der Waals surface area contributed by atoms with Gasteiger partial charge in [-0.15, -0.1) is 0 Å². The number of halogens is 1. The van der Waals surface area contributed by atoms with Gasteiger partial charge in [-0.1, -0.05) is 35.9 Å². The number of hydrazine groups is 1. The Morgan fingerprint density at radius 1 is 0.875 bits per heavy atom. The van der Waals surface area contributed by atoms with Gasteiger partial charge in [0.15, 0.2) is 0 Å². The molecule has 0 aliphatic heterocycles. The van der Waals surface area contributed by atoms with Crippen LogP contribution < -0.4 is 15.6 Å². The first-order chi connectivity index (χ1) is 11.6. The van der Waals surface area contributed by atoms with Crippen LogP contribution in [0.3, 0.4) is 0 Å². The van der Waals surface area contributed by atoms with E-state index in [1.165, 1.54) is 0 Å². The molecule has 0 saturated carbocycles. The molecule has 0 aromatic heterocycles. The fourth-order valence-corrected chi connectivity index (χ4v) is 2.20. The van der Waals surface area contributed by atoms with Crippen LogP contribution in [0.25, 0.3) is 0 Å². The summed E-state index contributed by atoms with van der Waals surface area (Å²) in [5.74, 6) is 0.180. The van der Waals surface area contributed by atoms with E-state index in [4.69, 9.17) is 16.3 Å². The predicted octanol–water partition coefficient (Wildman–Crippen LogP) is 2.67. The lowest BCUT2D eigenvalue weighted by atomic mass is 10.1. The van der Waals surface area contributed by atoms with Gasteiger partial charge >= 0.3 is 0 Å². The van der Waals surface area contributed by atoms with Gasteiger partial charge in [0.05, 0.1) is 19.4 Å². The minimum atomic E-state index is -0.294. The van der Waals surface area contributed by atoms with Crippen molar-refractivity contribution in [3.63, 3.8) is 0 Å². The number of carbonyl (C=O) groups is 2. The Hall–Kier alpha value is -2.53. The van der Waals surface area contributed by atoms with Gasteiger partial charge in [-0.25, -0.2) is 0 Å². The van der Waals surface area contributed by atoms with E-state index < -0.39 is 0 Å². The lowest BCUT2D eigenvalue weighted by molar-refractivity contribution is -0.128. The summed E-state index contributed by atoms with van der Waals surface area (Å²) in [4.78, 5) is 23.6. The fourth-order valence-electron chi connectivity index (χ4n) is 2.07. The minimum Gasteiger partial charge on any atom is -0.494 e. The Labute approximate surface area is 145 Å². The lowest BCUT2D eigenvalue weighted by Gasteiger charge is -2.08. The smallest absolute Gasteiger partial charge is 0.242 e. The van der Waals surface area contributed by atoms with Crippen LogP contribution in [0.2, 0.25) is 5.02 Å². The summed E-state index contributed by atoms with van der Waals surface area (Å²) in [6.45, 7) is 2.51. The number of nitrogens with one attached hydrogen (secondary N) is 2. The Kier molecular flexibility index (Phi) is 6.63. The van der Waals surface area contributed by atoms with E-state index in [0.29, 0.717) is 11.6 Å². The second-order valence-corrected chi connectivity index (χ2v) is 5.59. The number of ether oxygens (including phenoxy) is 1. The van der Waals surface area contributed by atoms with E-state index in [2.05, 4.69) is 10.9 Å². The normalized spacial score (nSPS) is 10.1. The van der Waals surface area contributed by atoms with Crippen molar-refractivity contribution < 1.29 is 14.3 Å². The van der Waals surface area contributed by atoms with Crippen LogP contribution in [0.4, 0.5) is 0 Å². The second kappa shape index (κ2) is 8.93. The van der Waals surface area contributed by atoms with Gasteiger partial charge in [0.25, 0.3) is 0 Å². The lowest BCUT2D eigenvalue weighted by Crippen LogP contribution is -2.43. The molecule has 0 aliphatic carbocycles. The maximum absolute atomic E-state index is 11.9. The van der Waals surface area contributed by atoms with Crippen LogP contribution in [-0.4, -0.2) is 18.4 Å². The van der Waals surface area contributed by atoms with Crippen molar-refractivity contribution in [1.82, 2.24) is 10.9 Å². The van der Waals surface area contributed by atoms with Gasteiger partial charge in [-0.3, -0.25) is 20.4 Å². The standard InChI is InChI=1S/C18H19ClN2O3/c1-2-24-16-9-5-14(6-10-16)12-18(23)21-20-17(22)11-13-3-7-15(19)8-4-13/h3-10H,2,11-12H2,1H3,(H,20,22)(H,21,23). The molecule has 0 atom stereocenters. The summed E-state index contributed by atoms with van der Waals surface area (Å²) in [6.07, 6.45) is 0.341. The third kappa shape index (κ3) is 5.93. The summed E-state index contributed by atoms with van der Waals surface area (Å²) in [7, 11) is 0. The van der Waals surface area contributed by atoms with E-state index in [9.17, 15) is 9.59 Å². The Morgan fingerprint density at radius 3 is 1.79 bits per heavy atom. The molecule has 0 saturated heterocycles. The third-order valence-corrected chi connectivity index (χ3v) is 3.47. The van der Waals surface area contributed by atoms with Gasteiger partial charge in [0.2, 0.25) is 11.8 Å². The molecule has 2 aromatic carbocycles. The van der Waals surface area contributed by atoms with E-state index in [1.807, 2.05) is 31.2 Å². The molecule has 5 nitrogen and oxygen atoms in total. The van der Waals surface area contributed by atoms with Crippen molar-refractivity contribution in [2.24, 2.45) is 0 Å². The molecule has 0 radical (unpaired) electrons. The molecule has 24 heavy (non-hydrogen) atoms. The van der Waals surface area contributed by atoms with Crippen molar-refractivity contribution >= 4 is 23.4 Å². The van der Waals surface area contributed by atoms with Gasteiger partial charge in [0, 0.05) is 5.02 Å². The van der Waals surface area contributed by atoms with Crippen molar-refractivity contribution in [3.05, 3.63) is 64.7 Å². The maximum atomic E-state index is 11.9. The minimum absolute atomic E-state index is 0.167. The zero-order chi connectivity index (χ0) is 17.4. The maximum Gasteiger partial charge on any atom is 0.242 e. The zero-order valence-electron chi connectivity index (χ0n) is 13.3. The molecular weight excluding hydrogens is 328 g/mol. The molecule has 126 valence electrons. The molecule has 2 N–H and O–H groups in total. The molecule has 0 spiro atoms. The van der Waals surface area contributed by atoms with Crippen LogP contribution >= 0.6 is 11.6 Å². The topological polar surface area (TPSA) is 67.4 Å². The van der Waals surface area contributed by atoms with Gasteiger partial charge in [-0.05, 0) is 42.3 Å². The second-order valence-electron chi connectivity index (χ2n) is 5.15. The zero-order valence-corrected chi connectivity index (χ0v) is 14.1. The first kappa shape index (κ1) is 17.8. The largest absolute Gasteiger partial charge is 0.494 e. The summed E-state index contributed by atoms with van der Waals surface area (Å²) in [5.41, 5.74) is 6.46. The Morgan fingerprint density at radius 2 is 1.33 bits per heavy atom. The molecule has 0 unspecified atom stereocenters. The van der Waals surface area contributed by atoms with Gasteiger partial charge in [-0.2, -0.15) is 0 Å². The molecule has 6 heteroatoms. The van der Waals surface area contributed by atoms with Crippen LogP contribution in [0.15, 0.2) is 48.5 Å². The first-order valence-corrected chi connectivity index (χ1v) is 7.98. The number of benzene rings is 2. The predicted molar refractivity (Wildman–Crippen MR) is 92.8 cm³/mol. The summed E-state index contributed by atoms with van der Waals surface area (Å²) in [5, 5.41) is 0.614. The highest BCUT2D eigenvalue weighted by Crippen LogP contribution is 2.12. The van der Waals surface area contributed by atoms with Crippen LogP contribution in [-0.2, 0) is 22.4 Å². The van der Waals surface area contributed by atoms with E-state index in [1.54, 1.807) is 24.3 Å². The highest BCUT2D eigenvalue weighted by molar-refractivity contribution is 6.30. The average molecular weight is 347 g/mol. The summed E-state index contributed by atoms with van der Waals surface area (Å²) in [6, 6.07) is 14.2. The molecule has 0 aliphatic rings. The third-order valence-electron chi connectivity index (χ3n) is 3.22. The summed E-state index contributed by atoms with van der Waals surface area (Å²) < 4.78 is 5.34. The van der Waals surface area contributed by atoms with Crippen molar-refractivity contribution in [2.45, 2.75) is 19.8 Å². The van der Waals surface area contributed by atoms with Gasteiger partial charge in [0.1, 0.15) is 5.75 Å². The SMILES string of the molecule is CCOc1ccc(CC(=O)NNC(=O)Cc2ccc(Cl)cc2)cc1. The first-order valence-electron chi connectivity index (χ1n) is 7.60. The van der Waals surface area contributed by atoms with Crippen molar-refractivity contribution in [2.75, 3.05) is 6.61 Å². The molecule has 0 fully saturated rings. The number of hydrogen-bond acceptors (Lipinski definition) is 3. The highest BCUT2D eigenvalue weighted by atomic mass is 35.5. The molecular formula is C18H19ClN2O3. The van der Waals surface area contributed by atoms with Crippen LogP contribution in [0, 0.1) is 0 Å². The summed E-state index contributed by atoms with van der Waals surface area (Å²) >= 11 is 5.79. The van der Waals surface area contributed by atoms with E-state index in [-0.39, 0.29) is 24.7 Å². The quantitative estimate of drug-likeness (QED) is 0.790. The Bertz CT molecular complexity index is 684. The average Bonchev–Trinajstić information content (AvgIpc) is 2.57. The number of amides is 2. The molecule has 0 bridgehead atoms. The van der Waals surface area contributed by atoms with Crippen molar-refractivity contribution in [3.8, 4) is 5.75 Å². The van der Waals surface area contributed by atoms with Gasteiger partial charge < -0.3 is 4.74 Å². The highest BCUT2D eigenvalue weighted by Gasteiger charge is 2.07. The molecule has 0 heterocycles. The number of hydrogen-bond donors (Lipinski definition) is 2. The molecule has 2 amide bonds. The molecule has 2 rings (SSSR count). The van der Waals surface area contributed by atoms with Crippen LogP contribution in [0.5, 0.6) is 5.75 Å². The molecule has 2 aromatic rings. The van der Waals surface area contributed by atoms with Crippen molar-refractivity contribution in [1.29, 1.82) is 0 Å². The monoisotopic (exact) mass is 346 g/mol. The Balaban J connectivity index is 1.75. The van der Waals surface area contributed by atoms with E-state index >= 15 is 0 Å².